The van der Waals surface area contributed by atoms with Crippen molar-refractivity contribution < 1.29 is 5.11 Å². The number of aromatic nitrogens is 2. The minimum atomic E-state index is -0.603. The van der Waals surface area contributed by atoms with E-state index in [2.05, 4.69) is 9.97 Å². The Bertz CT molecular complexity index is 426. The summed E-state index contributed by atoms with van der Waals surface area (Å²) in [5.41, 5.74) is 4.61. The van der Waals surface area contributed by atoms with Gasteiger partial charge in [-0.3, -0.25) is 4.79 Å². The number of anilines is 1. The highest BCUT2D eigenvalue weighted by atomic mass is 32.2. The molecule has 5 nitrogen and oxygen atoms in total. The van der Waals surface area contributed by atoms with Crippen LogP contribution in [0.3, 0.4) is 0 Å². The van der Waals surface area contributed by atoms with Gasteiger partial charge in [0.2, 0.25) is 0 Å². The summed E-state index contributed by atoms with van der Waals surface area (Å²) in [7, 11) is 0. The van der Waals surface area contributed by atoms with Gasteiger partial charge in [-0.15, -0.1) is 0 Å². The van der Waals surface area contributed by atoms with E-state index >= 15 is 0 Å². The number of hydrogen-bond donors (Lipinski definition) is 3. The number of nitrogens with one attached hydrogen (secondary N) is 1. The average Bonchev–Trinajstić information content (AvgIpc) is 2.62. The Kier molecular flexibility index (Phi) is 3.20. The zero-order valence-corrected chi connectivity index (χ0v) is 9.72. The van der Waals surface area contributed by atoms with Crippen molar-refractivity contribution >= 4 is 17.6 Å². The number of H-pyrrole nitrogens is 1. The lowest BCUT2D eigenvalue weighted by atomic mass is 10.1. The molecule has 0 atom stereocenters. The highest BCUT2D eigenvalue weighted by Gasteiger charge is 2.31. The predicted molar refractivity (Wildman–Crippen MR) is 63.4 cm³/mol. The van der Waals surface area contributed by atoms with Crippen molar-refractivity contribution in [3.05, 3.63) is 16.4 Å². The van der Waals surface area contributed by atoms with Crippen LogP contribution >= 0.6 is 11.8 Å². The Balaban J connectivity index is 2.01. The molecule has 2 rings (SSSR count). The van der Waals surface area contributed by atoms with Crippen LogP contribution < -0.4 is 11.3 Å². The molecule has 0 radical (unpaired) electrons. The molecule has 0 saturated heterocycles. The fourth-order valence-corrected chi connectivity index (χ4v) is 2.94. The molecule has 1 fully saturated rings. The Morgan fingerprint density at radius 2 is 2.25 bits per heavy atom. The molecule has 16 heavy (non-hydrogen) atoms. The Labute approximate surface area is 97.5 Å². The van der Waals surface area contributed by atoms with Crippen molar-refractivity contribution in [1.82, 2.24) is 9.97 Å². The Morgan fingerprint density at radius 3 is 2.88 bits per heavy atom. The number of nitrogens with two attached hydrogens (primary N) is 1. The van der Waals surface area contributed by atoms with E-state index in [0.717, 1.165) is 25.7 Å². The first kappa shape index (κ1) is 11.5. The van der Waals surface area contributed by atoms with E-state index in [-0.39, 0.29) is 11.4 Å². The molecule has 1 heterocycles. The summed E-state index contributed by atoms with van der Waals surface area (Å²) in [6.45, 7) is 0. The Morgan fingerprint density at radius 1 is 1.56 bits per heavy atom. The van der Waals surface area contributed by atoms with Gasteiger partial charge in [0.15, 0.2) is 5.16 Å². The zero-order valence-electron chi connectivity index (χ0n) is 8.90. The first-order valence-corrected chi connectivity index (χ1v) is 6.28. The minimum absolute atomic E-state index is 0.213. The second-order valence-electron chi connectivity index (χ2n) is 4.20. The number of thioether (sulfide) groups is 1. The maximum Gasteiger partial charge on any atom is 0.253 e. The third-order valence-corrected chi connectivity index (χ3v) is 3.90. The topological polar surface area (TPSA) is 92.0 Å². The summed E-state index contributed by atoms with van der Waals surface area (Å²) in [4.78, 5) is 17.7. The smallest absolute Gasteiger partial charge is 0.253 e. The molecule has 4 N–H and O–H groups in total. The first-order valence-electron chi connectivity index (χ1n) is 5.29. The normalized spacial score (nSPS) is 18.8. The van der Waals surface area contributed by atoms with Crippen LogP contribution in [0.25, 0.3) is 0 Å². The van der Waals surface area contributed by atoms with Gasteiger partial charge in [-0.05, 0) is 12.8 Å². The fourth-order valence-electron chi connectivity index (χ4n) is 1.90. The molecule has 1 aliphatic rings. The number of nitrogen functional groups attached to an aromatic ring is 1. The molecule has 88 valence electrons. The van der Waals surface area contributed by atoms with Crippen LogP contribution in [0.15, 0.2) is 16.0 Å². The molecule has 0 aromatic carbocycles. The van der Waals surface area contributed by atoms with Crippen molar-refractivity contribution in [2.45, 2.75) is 36.4 Å². The van der Waals surface area contributed by atoms with E-state index in [0.29, 0.717) is 10.9 Å². The lowest BCUT2D eigenvalue weighted by molar-refractivity contribution is 0.0732. The lowest BCUT2D eigenvalue weighted by Gasteiger charge is -2.20. The van der Waals surface area contributed by atoms with Gasteiger partial charge in [0.1, 0.15) is 5.82 Å². The van der Waals surface area contributed by atoms with Crippen LogP contribution in [0.4, 0.5) is 5.82 Å². The van der Waals surface area contributed by atoms with Crippen LogP contribution in [0.1, 0.15) is 25.7 Å². The molecule has 6 heteroatoms. The van der Waals surface area contributed by atoms with E-state index in [1.165, 1.54) is 17.8 Å². The second-order valence-corrected chi connectivity index (χ2v) is 5.16. The first-order chi connectivity index (χ1) is 7.57. The quantitative estimate of drug-likeness (QED) is 0.536. The van der Waals surface area contributed by atoms with Crippen molar-refractivity contribution in [2.75, 3.05) is 11.5 Å². The van der Waals surface area contributed by atoms with Crippen LogP contribution in [-0.2, 0) is 0 Å². The molecule has 0 bridgehead atoms. The van der Waals surface area contributed by atoms with E-state index < -0.39 is 5.60 Å². The van der Waals surface area contributed by atoms with Gasteiger partial charge in [-0.2, -0.15) is 0 Å². The molecule has 1 aromatic heterocycles. The summed E-state index contributed by atoms with van der Waals surface area (Å²) in [6.07, 6.45) is 3.79. The molecule has 0 aliphatic heterocycles. The monoisotopic (exact) mass is 241 g/mol. The summed E-state index contributed by atoms with van der Waals surface area (Å²) < 4.78 is 0. The summed E-state index contributed by atoms with van der Waals surface area (Å²) in [6, 6.07) is 1.24. The average molecular weight is 241 g/mol. The molecule has 0 amide bonds. The maximum atomic E-state index is 11.1. The third kappa shape index (κ3) is 2.76. The second kappa shape index (κ2) is 4.47. The molecule has 0 spiro atoms. The van der Waals surface area contributed by atoms with Gasteiger partial charge in [-0.25, -0.2) is 4.98 Å². The number of nitrogens with zero attached hydrogens (tertiary/aromatic N) is 1. The summed E-state index contributed by atoms with van der Waals surface area (Å²) in [5.74, 6) is 0.768. The van der Waals surface area contributed by atoms with Crippen molar-refractivity contribution in [1.29, 1.82) is 0 Å². The largest absolute Gasteiger partial charge is 0.389 e. The van der Waals surface area contributed by atoms with Crippen molar-refractivity contribution in [3.8, 4) is 0 Å². The molecule has 1 aliphatic carbocycles. The number of aromatic amines is 1. The summed E-state index contributed by atoms with van der Waals surface area (Å²) >= 11 is 1.35. The van der Waals surface area contributed by atoms with E-state index in [9.17, 15) is 9.90 Å². The minimum Gasteiger partial charge on any atom is -0.389 e. The van der Waals surface area contributed by atoms with Crippen LogP contribution in [0, 0.1) is 0 Å². The van der Waals surface area contributed by atoms with E-state index in [4.69, 9.17) is 5.73 Å². The molecule has 0 unspecified atom stereocenters. The van der Waals surface area contributed by atoms with Gasteiger partial charge < -0.3 is 15.8 Å². The number of rotatable bonds is 3. The SMILES string of the molecule is Nc1cc(=O)[nH]c(SCC2(O)CCCC2)n1. The van der Waals surface area contributed by atoms with Gasteiger partial charge in [-0.1, -0.05) is 24.6 Å². The highest BCUT2D eigenvalue weighted by Crippen LogP contribution is 2.33. The van der Waals surface area contributed by atoms with Crippen LogP contribution in [-0.4, -0.2) is 26.4 Å². The van der Waals surface area contributed by atoms with Gasteiger partial charge in [0, 0.05) is 11.8 Å². The molecular formula is C10H15N3O2S. The third-order valence-electron chi connectivity index (χ3n) is 2.75. The lowest BCUT2D eigenvalue weighted by Crippen LogP contribution is -2.27. The highest BCUT2D eigenvalue weighted by molar-refractivity contribution is 7.99. The maximum absolute atomic E-state index is 11.1. The van der Waals surface area contributed by atoms with Crippen molar-refractivity contribution in [3.63, 3.8) is 0 Å². The number of aliphatic hydroxyl groups is 1. The van der Waals surface area contributed by atoms with Crippen LogP contribution in [0.2, 0.25) is 0 Å². The van der Waals surface area contributed by atoms with E-state index in [1.807, 2.05) is 0 Å². The number of hydrogen-bond acceptors (Lipinski definition) is 5. The van der Waals surface area contributed by atoms with E-state index in [1.54, 1.807) is 0 Å². The van der Waals surface area contributed by atoms with Gasteiger partial charge in [0.25, 0.3) is 5.56 Å². The standard InChI is InChI=1S/C10H15N3O2S/c11-7-5-8(14)13-9(12-7)16-6-10(15)3-1-2-4-10/h5,15H,1-4,6H2,(H3,11,12,13,14). The van der Waals surface area contributed by atoms with Crippen molar-refractivity contribution in [2.24, 2.45) is 0 Å². The van der Waals surface area contributed by atoms with Gasteiger partial charge >= 0.3 is 0 Å². The van der Waals surface area contributed by atoms with Gasteiger partial charge in [0.05, 0.1) is 5.60 Å². The zero-order chi connectivity index (χ0) is 11.6. The molecule has 1 aromatic rings. The molecular weight excluding hydrogens is 226 g/mol. The Hall–Kier alpha value is -1.01. The summed E-state index contributed by atoms with van der Waals surface area (Å²) in [5, 5.41) is 10.6. The molecule has 1 saturated carbocycles. The van der Waals surface area contributed by atoms with Crippen LogP contribution in [0.5, 0.6) is 0 Å². The fraction of sp³-hybridized carbons (Fsp3) is 0.600. The predicted octanol–water partition coefficient (Wildman–Crippen LogP) is 0.749.